The zero-order valence-corrected chi connectivity index (χ0v) is 13.6. The quantitative estimate of drug-likeness (QED) is 0.893. The van der Waals surface area contributed by atoms with Gasteiger partial charge in [0, 0.05) is 11.3 Å². The maximum absolute atomic E-state index is 12.3. The van der Waals surface area contributed by atoms with Crippen LogP contribution in [0.4, 0.5) is 10.5 Å². The topological polar surface area (TPSA) is 36.8 Å². The van der Waals surface area contributed by atoms with Crippen LogP contribution in [-0.2, 0) is 6.54 Å². The van der Waals surface area contributed by atoms with Crippen molar-refractivity contribution in [2.75, 3.05) is 31.5 Å². The van der Waals surface area contributed by atoms with E-state index in [1.807, 2.05) is 42.2 Å². The third-order valence-corrected chi connectivity index (χ3v) is 4.32. The number of quaternary nitrogens is 1. The monoisotopic (exact) mass is 310 g/mol. The first-order valence-corrected chi connectivity index (χ1v) is 8.21. The first-order valence-electron chi connectivity index (χ1n) is 8.21. The van der Waals surface area contributed by atoms with E-state index < -0.39 is 0 Å². The summed E-state index contributed by atoms with van der Waals surface area (Å²) in [7, 11) is 0. The van der Waals surface area contributed by atoms with Crippen LogP contribution in [0.15, 0.2) is 54.6 Å². The fourth-order valence-electron chi connectivity index (χ4n) is 3.01. The van der Waals surface area contributed by atoms with Crippen molar-refractivity contribution in [3.05, 3.63) is 65.7 Å². The Bertz CT molecular complexity index is 649. The number of carbonyl (C=O) groups is 1. The molecule has 1 aliphatic rings. The van der Waals surface area contributed by atoms with Gasteiger partial charge in [0.15, 0.2) is 0 Å². The fraction of sp³-hybridized carbons (Fsp3) is 0.316. The van der Waals surface area contributed by atoms with E-state index >= 15 is 0 Å². The van der Waals surface area contributed by atoms with Gasteiger partial charge in [-0.3, -0.25) is 0 Å². The Balaban J connectivity index is 1.49. The van der Waals surface area contributed by atoms with E-state index in [1.165, 1.54) is 10.5 Å². The van der Waals surface area contributed by atoms with E-state index in [0.717, 1.165) is 44.0 Å². The average molecular weight is 310 g/mol. The van der Waals surface area contributed by atoms with Crippen molar-refractivity contribution < 1.29 is 9.69 Å². The molecule has 0 bridgehead atoms. The standard InChI is InChI=1S/C19H23N3O/c1-16-6-5-9-18(14-16)20-19(23)22-12-10-21(11-13-22)15-17-7-3-2-4-8-17/h2-9,14H,10-13,15H2,1H3,(H,20,23)/p+1. The van der Waals surface area contributed by atoms with Crippen molar-refractivity contribution >= 4 is 11.7 Å². The zero-order valence-electron chi connectivity index (χ0n) is 13.6. The third-order valence-electron chi connectivity index (χ3n) is 4.32. The fourth-order valence-corrected chi connectivity index (χ4v) is 3.01. The molecule has 0 unspecified atom stereocenters. The minimum Gasteiger partial charge on any atom is -0.328 e. The predicted octanol–water partition coefficient (Wildman–Crippen LogP) is 1.93. The molecule has 1 heterocycles. The molecule has 0 aromatic heterocycles. The molecule has 0 spiro atoms. The van der Waals surface area contributed by atoms with Crippen LogP contribution in [0.25, 0.3) is 0 Å². The van der Waals surface area contributed by atoms with Crippen LogP contribution in [0.5, 0.6) is 0 Å². The van der Waals surface area contributed by atoms with Crippen LogP contribution in [0.3, 0.4) is 0 Å². The second-order valence-corrected chi connectivity index (χ2v) is 6.20. The van der Waals surface area contributed by atoms with Gasteiger partial charge in [-0.25, -0.2) is 4.79 Å². The minimum atomic E-state index is 0.00867. The maximum Gasteiger partial charge on any atom is 0.322 e. The lowest BCUT2D eigenvalue weighted by molar-refractivity contribution is -0.917. The average Bonchev–Trinajstić information content (AvgIpc) is 2.56. The van der Waals surface area contributed by atoms with Gasteiger partial charge in [0.25, 0.3) is 0 Å². The lowest BCUT2D eigenvalue weighted by Crippen LogP contribution is -3.13. The molecule has 1 aliphatic heterocycles. The number of urea groups is 1. The number of hydrogen-bond acceptors (Lipinski definition) is 1. The number of carbonyl (C=O) groups excluding carboxylic acids is 1. The predicted molar refractivity (Wildman–Crippen MR) is 92.6 cm³/mol. The van der Waals surface area contributed by atoms with Crippen LogP contribution in [0.2, 0.25) is 0 Å². The number of nitrogens with one attached hydrogen (secondary N) is 2. The second kappa shape index (κ2) is 7.29. The summed E-state index contributed by atoms with van der Waals surface area (Å²) in [5, 5.41) is 2.99. The van der Waals surface area contributed by atoms with E-state index in [1.54, 1.807) is 0 Å². The number of amides is 2. The third kappa shape index (κ3) is 4.33. The number of rotatable bonds is 3. The molecule has 3 rings (SSSR count). The van der Waals surface area contributed by atoms with Crippen LogP contribution in [0, 0.1) is 6.92 Å². The molecule has 0 saturated carbocycles. The molecule has 2 amide bonds. The van der Waals surface area contributed by atoms with E-state index in [2.05, 4.69) is 29.6 Å². The van der Waals surface area contributed by atoms with Gasteiger partial charge in [-0.15, -0.1) is 0 Å². The summed E-state index contributed by atoms with van der Waals surface area (Å²) < 4.78 is 0. The van der Waals surface area contributed by atoms with Crippen molar-refractivity contribution in [3.63, 3.8) is 0 Å². The summed E-state index contributed by atoms with van der Waals surface area (Å²) in [6, 6.07) is 18.5. The number of aryl methyl sites for hydroxylation is 1. The Morgan fingerprint density at radius 3 is 2.52 bits per heavy atom. The number of piperazine rings is 1. The highest BCUT2D eigenvalue weighted by Gasteiger charge is 2.23. The molecule has 1 fully saturated rings. The van der Waals surface area contributed by atoms with Gasteiger partial charge in [-0.1, -0.05) is 42.5 Å². The van der Waals surface area contributed by atoms with Gasteiger partial charge in [-0.05, 0) is 24.6 Å². The van der Waals surface area contributed by atoms with Crippen LogP contribution < -0.4 is 10.2 Å². The summed E-state index contributed by atoms with van der Waals surface area (Å²) in [4.78, 5) is 15.8. The summed E-state index contributed by atoms with van der Waals surface area (Å²) in [5.74, 6) is 0. The molecule has 2 aromatic rings. The number of benzene rings is 2. The van der Waals surface area contributed by atoms with Crippen molar-refractivity contribution in [3.8, 4) is 0 Å². The molecule has 1 saturated heterocycles. The molecule has 120 valence electrons. The Morgan fingerprint density at radius 2 is 1.83 bits per heavy atom. The molecule has 0 radical (unpaired) electrons. The normalized spacial score (nSPS) is 15.4. The van der Waals surface area contributed by atoms with E-state index in [9.17, 15) is 4.79 Å². The molecular formula is C19H24N3O+. The van der Waals surface area contributed by atoms with Gasteiger partial charge < -0.3 is 15.1 Å². The van der Waals surface area contributed by atoms with E-state index in [-0.39, 0.29) is 6.03 Å². The second-order valence-electron chi connectivity index (χ2n) is 6.20. The van der Waals surface area contributed by atoms with Gasteiger partial charge in [-0.2, -0.15) is 0 Å². The van der Waals surface area contributed by atoms with Crippen molar-refractivity contribution in [1.82, 2.24) is 4.90 Å². The van der Waals surface area contributed by atoms with Gasteiger partial charge in [0.05, 0.1) is 26.2 Å². The summed E-state index contributed by atoms with van der Waals surface area (Å²) in [6.45, 7) is 6.67. The Kier molecular flexibility index (Phi) is 4.93. The van der Waals surface area contributed by atoms with E-state index in [4.69, 9.17) is 0 Å². The SMILES string of the molecule is Cc1cccc(NC(=O)N2CC[NH+](Cc3ccccc3)CC2)c1. The smallest absolute Gasteiger partial charge is 0.322 e. The molecule has 0 atom stereocenters. The largest absolute Gasteiger partial charge is 0.328 e. The molecule has 2 N–H and O–H groups in total. The van der Waals surface area contributed by atoms with Gasteiger partial charge in [0.1, 0.15) is 6.54 Å². The minimum absolute atomic E-state index is 0.00867. The summed E-state index contributed by atoms with van der Waals surface area (Å²) in [6.07, 6.45) is 0. The van der Waals surface area contributed by atoms with Crippen molar-refractivity contribution in [2.24, 2.45) is 0 Å². The molecule has 0 aliphatic carbocycles. The first-order chi connectivity index (χ1) is 11.2. The Hall–Kier alpha value is -2.33. The number of nitrogens with zero attached hydrogens (tertiary/aromatic N) is 1. The molecular weight excluding hydrogens is 286 g/mol. The Labute approximate surface area is 137 Å². The summed E-state index contributed by atoms with van der Waals surface area (Å²) >= 11 is 0. The number of hydrogen-bond donors (Lipinski definition) is 2. The Morgan fingerprint density at radius 1 is 1.09 bits per heavy atom. The van der Waals surface area contributed by atoms with Gasteiger partial charge >= 0.3 is 6.03 Å². The van der Waals surface area contributed by atoms with Crippen LogP contribution in [0.1, 0.15) is 11.1 Å². The van der Waals surface area contributed by atoms with E-state index in [0.29, 0.717) is 0 Å². The molecule has 4 heteroatoms. The maximum atomic E-state index is 12.3. The highest BCUT2D eigenvalue weighted by molar-refractivity contribution is 5.89. The first kappa shape index (κ1) is 15.6. The molecule has 4 nitrogen and oxygen atoms in total. The van der Waals surface area contributed by atoms with Crippen LogP contribution in [-0.4, -0.2) is 37.1 Å². The molecule has 23 heavy (non-hydrogen) atoms. The lowest BCUT2D eigenvalue weighted by atomic mass is 10.2. The zero-order chi connectivity index (χ0) is 16.1. The van der Waals surface area contributed by atoms with Gasteiger partial charge in [0.2, 0.25) is 0 Å². The number of anilines is 1. The summed E-state index contributed by atoms with van der Waals surface area (Å²) in [5.41, 5.74) is 3.38. The highest BCUT2D eigenvalue weighted by atomic mass is 16.2. The molecule has 2 aromatic carbocycles. The highest BCUT2D eigenvalue weighted by Crippen LogP contribution is 2.10. The van der Waals surface area contributed by atoms with Crippen molar-refractivity contribution in [2.45, 2.75) is 13.5 Å². The van der Waals surface area contributed by atoms with Crippen LogP contribution >= 0.6 is 0 Å². The van der Waals surface area contributed by atoms with Crippen molar-refractivity contribution in [1.29, 1.82) is 0 Å². The lowest BCUT2D eigenvalue weighted by Gasteiger charge is -2.32.